The number of amides is 1. The third kappa shape index (κ3) is 3.22. The van der Waals surface area contributed by atoms with Gasteiger partial charge >= 0.3 is 0 Å². The van der Waals surface area contributed by atoms with Crippen molar-refractivity contribution < 1.29 is 4.79 Å². The van der Waals surface area contributed by atoms with Gasteiger partial charge in [0.1, 0.15) is 29.2 Å². The summed E-state index contributed by atoms with van der Waals surface area (Å²) < 4.78 is 0. The zero-order valence-electron chi connectivity index (χ0n) is 15.4. The first-order chi connectivity index (χ1) is 13.2. The largest absolute Gasteiger partial charge is 0.343 e. The number of nitrogens with zero attached hydrogens (tertiary/aromatic N) is 6. The van der Waals surface area contributed by atoms with Gasteiger partial charge in [0.15, 0.2) is 0 Å². The zero-order chi connectivity index (χ0) is 18.8. The van der Waals surface area contributed by atoms with E-state index < -0.39 is 0 Å². The Labute approximate surface area is 157 Å². The summed E-state index contributed by atoms with van der Waals surface area (Å²) in [5.74, 6) is 0.621. The highest BCUT2D eigenvalue weighted by molar-refractivity contribution is 6.08. The first kappa shape index (κ1) is 17.4. The summed E-state index contributed by atoms with van der Waals surface area (Å²) in [6.45, 7) is 3.32. The van der Waals surface area contributed by atoms with Gasteiger partial charge in [-0.25, -0.2) is 20.0 Å². The first-order valence-electron chi connectivity index (χ1n) is 8.87. The number of piperazine rings is 1. The van der Waals surface area contributed by atoms with Gasteiger partial charge in [0.2, 0.25) is 0 Å². The molecule has 9 nitrogen and oxygen atoms in total. The lowest BCUT2D eigenvalue weighted by Gasteiger charge is -2.38. The summed E-state index contributed by atoms with van der Waals surface area (Å²) in [7, 11) is 3.47. The van der Waals surface area contributed by atoms with E-state index in [-0.39, 0.29) is 5.91 Å². The molecular formula is C18H22N8O. The Morgan fingerprint density at radius 3 is 2.70 bits per heavy atom. The zero-order valence-corrected chi connectivity index (χ0v) is 15.4. The lowest BCUT2D eigenvalue weighted by molar-refractivity contribution is 0.0822. The maximum atomic E-state index is 12.9. The molecule has 0 saturated carbocycles. The molecule has 0 aromatic carbocycles. The van der Waals surface area contributed by atoms with Gasteiger partial charge in [-0.15, -0.1) is 0 Å². The summed E-state index contributed by atoms with van der Waals surface area (Å²) >= 11 is 0. The number of carbonyl (C=O) groups excluding carboxylic acids is 1. The van der Waals surface area contributed by atoms with Gasteiger partial charge in [-0.1, -0.05) is 6.07 Å². The fraction of sp³-hybridized carbons (Fsp3) is 0.333. The molecule has 0 radical (unpaired) electrons. The lowest BCUT2D eigenvalue weighted by atomic mass is 10.2. The molecule has 0 atom stereocenters. The number of nitrogens with one attached hydrogen (secondary N) is 2. The van der Waals surface area contributed by atoms with Crippen molar-refractivity contribution in [3.05, 3.63) is 42.6 Å². The Morgan fingerprint density at radius 2 is 2.00 bits per heavy atom. The molecule has 27 heavy (non-hydrogen) atoms. The molecule has 1 aliphatic rings. The lowest BCUT2D eigenvalue weighted by Crippen LogP contribution is -2.51. The minimum atomic E-state index is -0.126. The molecule has 0 unspecified atom stereocenters. The molecule has 9 heteroatoms. The number of hydrazine groups is 1. The van der Waals surface area contributed by atoms with Crippen LogP contribution in [0.15, 0.2) is 36.9 Å². The second kappa shape index (κ2) is 7.29. The van der Waals surface area contributed by atoms with Crippen LogP contribution in [-0.4, -0.2) is 76.0 Å². The number of H-pyrrole nitrogens is 1. The molecule has 0 aliphatic carbocycles. The van der Waals surface area contributed by atoms with Crippen LogP contribution < -0.4 is 10.3 Å². The molecule has 0 bridgehead atoms. The Hall–Kier alpha value is -3.04. The van der Waals surface area contributed by atoms with Crippen molar-refractivity contribution in [3.63, 3.8) is 0 Å². The van der Waals surface area contributed by atoms with Crippen LogP contribution in [-0.2, 0) is 0 Å². The Morgan fingerprint density at radius 1 is 1.19 bits per heavy atom. The van der Waals surface area contributed by atoms with Gasteiger partial charge in [0.05, 0.1) is 5.39 Å². The normalized spacial score (nSPS) is 15.0. The van der Waals surface area contributed by atoms with Crippen LogP contribution in [0, 0.1) is 0 Å². The van der Waals surface area contributed by atoms with E-state index >= 15 is 0 Å². The third-order valence-corrected chi connectivity index (χ3v) is 4.52. The second-order valence-corrected chi connectivity index (χ2v) is 6.54. The summed E-state index contributed by atoms with van der Waals surface area (Å²) in [5, 5.41) is 8.36. The maximum Gasteiger partial charge on any atom is 0.272 e. The number of aromatic amines is 1. The molecule has 1 amide bonds. The Kier molecular flexibility index (Phi) is 4.69. The maximum absolute atomic E-state index is 12.9. The third-order valence-electron chi connectivity index (χ3n) is 4.52. The average Bonchev–Trinajstić information content (AvgIpc) is 3.08. The minimum absolute atomic E-state index is 0.126. The van der Waals surface area contributed by atoms with Crippen molar-refractivity contribution in [3.8, 4) is 0 Å². The van der Waals surface area contributed by atoms with Crippen molar-refractivity contribution in [2.24, 2.45) is 0 Å². The highest BCUT2D eigenvalue weighted by atomic mass is 16.2. The predicted octanol–water partition coefficient (Wildman–Crippen LogP) is 1.01. The summed E-state index contributed by atoms with van der Waals surface area (Å²) in [6, 6.07) is 5.76. The van der Waals surface area contributed by atoms with E-state index in [1.807, 2.05) is 23.2 Å². The monoisotopic (exact) mass is 366 g/mol. The summed E-state index contributed by atoms with van der Waals surface area (Å²) in [6.07, 6.45) is 4.96. The molecule has 2 N–H and O–H groups in total. The van der Waals surface area contributed by atoms with E-state index in [2.05, 4.69) is 30.3 Å². The number of rotatable bonds is 4. The average molecular weight is 366 g/mol. The first-order valence-corrected chi connectivity index (χ1v) is 8.87. The number of carbonyl (C=O) groups is 1. The highest BCUT2D eigenvalue weighted by Gasteiger charge is 2.30. The number of fused-ring (bicyclic) bond motifs is 1. The SMILES string of the molecule is CN(C)C(=O)c1[nH]c2ncncc2c1N(c1ccccn1)N1CCNCC1. The smallest absolute Gasteiger partial charge is 0.272 e. The number of hydrogen-bond donors (Lipinski definition) is 2. The molecule has 0 spiro atoms. The van der Waals surface area contributed by atoms with Crippen molar-refractivity contribution in [1.29, 1.82) is 0 Å². The standard InChI is InChI=1S/C18H22N8O/c1-24(2)18(27)15-16(13-11-20-12-22-17(13)23-15)26(14-5-3-4-6-21-14)25-9-7-19-8-10-25/h3-6,11-12,19H,7-10H2,1-2H3,(H,20,22,23). The molecule has 3 aromatic rings. The van der Waals surface area contributed by atoms with Crippen molar-refractivity contribution in [2.75, 3.05) is 45.3 Å². The summed E-state index contributed by atoms with van der Waals surface area (Å²) in [4.78, 5) is 30.7. The van der Waals surface area contributed by atoms with Crippen LogP contribution in [0.2, 0.25) is 0 Å². The van der Waals surface area contributed by atoms with E-state index in [9.17, 15) is 4.79 Å². The molecule has 4 rings (SSSR count). The molecule has 1 fully saturated rings. The molecule has 140 valence electrons. The molecular weight excluding hydrogens is 344 g/mol. The van der Waals surface area contributed by atoms with Gasteiger partial charge in [-0.05, 0) is 12.1 Å². The summed E-state index contributed by atoms with van der Waals surface area (Å²) in [5.41, 5.74) is 1.82. The van der Waals surface area contributed by atoms with Crippen LogP contribution in [0.5, 0.6) is 0 Å². The van der Waals surface area contributed by atoms with Gasteiger partial charge in [-0.3, -0.25) is 9.80 Å². The fourth-order valence-corrected chi connectivity index (χ4v) is 3.25. The number of hydrogen-bond acceptors (Lipinski definition) is 7. The topological polar surface area (TPSA) is 93.3 Å². The van der Waals surface area contributed by atoms with E-state index in [1.54, 1.807) is 31.4 Å². The van der Waals surface area contributed by atoms with Crippen LogP contribution in [0.25, 0.3) is 11.0 Å². The molecule has 1 aliphatic heterocycles. The van der Waals surface area contributed by atoms with Crippen LogP contribution in [0.4, 0.5) is 11.5 Å². The quantitative estimate of drug-likeness (QED) is 0.712. The van der Waals surface area contributed by atoms with Crippen LogP contribution >= 0.6 is 0 Å². The number of aromatic nitrogens is 4. The van der Waals surface area contributed by atoms with Gasteiger partial charge < -0.3 is 15.2 Å². The van der Waals surface area contributed by atoms with E-state index in [1.165, 1.54) is 6.33 Å². The van der Waals surface area contributed by atoms with Crippen LogP contribution in [0.1, 0.15) is 10.5 Å². The van der Waals surface area contributed by atoms with Crippen molar-refractivity contribution in [1.82, 2.24) is 35.2 Å². The Bertz CT molecular complexity index is 933. The van der Waals surface area contributed by atoms with Gasteiger partial charge in [0, 0.05) is 52.7 Å². The van der Waals surface area contributed by atoms with Crippen molar-refractivity contribution >= 4 is 28.4 Å². The van der Waals surface area contributed by atoms with E-state index in [0.29, 0.717) is 11.3 Å². The number of anilines is 2. The predicted molar refractivity (Wildman–Crippen MR) is 103 cm³/mol. The van der Waals surface area contributed by atoms with Gasteiger partial charge in [-0.2, -0.15) is 0 Å². The molecule has 3 aromatic heterocycles. The minimum Gasteiger partial charge on any atom is -0.343 e. The van der Waals surface area contributed by atoms with Gasteiger partial charge in [0.25, 0.3) is 5.91 Å². The van der Waals surface area contributed by atoms with E-state index in [0.717, 1.165) is 43.1 Å². The van der Waals surface area contributed by atoms with Crippen LogP contribution in [0.3, 0.4) is 0 Å². The second-order valence-electron chi connectivity index (χ2n) is 6.54. The molecule has 1 saturated heterocycles. The Balaban J connectivity index is 1.94. The fourth-order valence-electron chi connectivity index (χ4n) is 3.25. The van der Waals surface area contributed by atoms with E-state index in [4.69, 9.17) is 0 Å². The number of pyridine rings is 1. The van der Waals surface area contributed by atoms with Crippen molar-refractivity contribution in [2.45, 2.75) is 0 Å². The molecule has 4 heterocycles. The highest BCUT2D eigenvalue weighted by Crippen LogP contribution is 2.36.